The van der Waals surface area contributed by atoms with Crippen LogP contribution < -0.4 is 5.73 Å². The molecule has 1 aliphatic heterocycles. The summed E-state index contributed by atoms with van der Waals surface area (Å²) in [6, 6.07) is 0. The maximum atomic E-state index is 12.2. The molecule has 0 atom stereocenters. The summed E-state index contributed by atoms with van der Waals surface area (Å²) in [6.07, 6.45) is 3.34. The minimum atomic E-state index is -3.35. The molecule has 0 aromatic rings. The van der Waals surface area contributed by atoms with E-state index in [1.807, 2.05) is 6.08 Å². The lowest BCUT2D eigenvalue weighted by molar-refractivity contribution is 0.218. The van der Waals surface area contributed by atoms with Crippen molar-refractivity contribution >= 4 is 10.2 Å². The zero-order valence-corrected chi connectivity index (χ0v) is 11.9. The second-order valence-electron chi connectivity index (χ2n) is 4.37. The molecule has 0 aliphatic carbocycles. The molecule has 0 radical (unpaired) electrons. The largest absolute Gasteiger partial charge is 0.380 e. The van der Waals surface area contributed by atoms with Crippen molar-refractivity contribution in [2.45, 2.75) is 12.8 Å². The van der Waals surface area contributed by atoms with E-state index in [2.05, 4.69) is 0 Å². The van der Waals surface area contributed by atoms with Crippen LogP contribution in [0.25, 0.3) is 0 Å². The quantitative estimate of drug-likeness (QED) is 0.653. The number of nitrogens with two attached hydrogens (primary N) is 1. The van der Waals surface area contributed by atoms with Gasteiger partial charge in [-0.1, -0.05) is 6.08 Å². The third-order valence-electron chi connectivity index (χ3n) is 2.99. The first kappa shape index (κ1) is 15.6. The van der Waals surface area contributed by atoms with E-state index < -0.39 is 10.2 Å². The van der Waals surface area contributed by atoms with Crippen LogP contribution in [0.1, 0.15) is 12.8 Å². The SMILES string of the molecule is COCC1=CCN(S(=O)(=O)N(C)CCCN)CC1. The molecule has 0 aromatic heterocycles. The molecule has 0 amide bonds. The topological polar surface area (TPSA) is 75.9 Å². The first-order valence-electron chi connectivity index (χ1n) is 6.10. The molecule has 0 aromatic carbocycles. The molecule has 106 valence electrons. The second kappa shape index (κ2) is 7.20. The highest BCUT2D eigenvalue weighted by atomic mass is 32.2. The maximum absolute atomic E-state index is 12.2. The summed E-state index contributed by atoms with van der Waals surface area (Å²) in [7, 11) is -0.107. The molecule has 2 N–H and O–H groups in total. The normalized spacial score (nSPS) is 18.1. The van der Waals surface area contributed by atoms with Gasteiger partial charge in [0.15, 0.2) is 0 Å². The molecule has 7 heteroatoms. The fourth-order valence-corrected chi connectivity index (χ4v) is 3.18. The lowest BCUT2D eigenvalue weighted by Gasteiger charge is -2.29. The summed E-state index contributed by atoms with van der Waals surface area (Å²) in [5.41, 5.74) is 6.55. The Morgan fingerprint density at radius 3 is 2.78 bits per heavy atom. The Labute approximate surface area is 110 Å². The first-order valence-corrected chi connectivity index (χ1v) is 7.50. The lowest BCUT2D eigenvalue weighted by atomic mass is 10.1. The van der Waals surface area contributed by atoms with Gasteiger partial charge in [-0.25, -0.2) is 0 Å². The van der Waals surface area contributed by atoms with Crippen LogP contribution in [0.2, 0.25) is 0 Å². The van der Waals surface area contributed by atoms with Crippen LogP contribution in [0.5, 0.6) is 0 Å². The lowest BCUT2D eigenvalue weighted by Crippen LogP contribution is -2.44. The average molecular weight is 277 g/mol. The molecular weight excluding hydrogens is 254 g/mol. The van der Waals surface area contributed by atoms with E-state index in [4.69, 9.17) is 10.5 Å². The Morgan fingerprint density at radius 2 is 2.28 bits per heavy atom. The summed E-state index contributed by atoms with van der Waals surface area (Å²) in [5, 5.41) is 0. The highest BCUT2D eigenvalue weighted by molar-refractivity contribution is 7.86. The Hall–Kier alpha value is -0.470. The Kier molecular flexibility index (Phi) is 6.24. The van der Waals surface area contributed by atoms with Crippen molar-refractivity contribution < 1.29 is 13.2 Å². The molecule has 0 saturated carbocycles. The van der Waals surface area contributed by atoms with E-state index >= 15 is 0 Å². The van der Waals surface area contributed by atoms with Crippen LogP contribution in [0.15, 0.2) is 11.6 Å². The van der Waals surface area contributed by atoms with Crippen LogP contribution in [0.3, 0.4) is 0 Å². The molecule has 0 fully saturated rings. The fraction of sp³-hybridized carbons (Fsp3) is 0.818. The second-order valence-corrected chi connectivity index (χ2v) is 6.41. The maximum Gasteiger partial charge on any atom is 0.282 e. The van der Waals surface area contributed by atoms with Gasteiger partial charge in [0.2, 0.25) is 0 Å². The Morgan fingerprint density at radius 1 is 1.56 bits per heavy atom. The highest BCUT2D eigenvalue weighted by Gasteiger charge is 2.27. The molecule has 18 heavy (non-hydrogen) atoms. The summed E-state index contributed by atoms with van der Waals surface area (Å²) in [4.78, 5) is 0. The molecule has 1 rings (SSSR count). The predicted molar refractivity (Wildman–Crippen MR) is 71.4 cm³/mol. The fourth-order valence-electron chi connectivity index (χ4n) is 1.85. The van der Waals surface area contributed by atoms with Gasteiger partial charge in [0.05, 0.1) is 6.61 Å². The van der Waals surface area contributed by atoms with Gasteiger partial charge in [-0.15, -0.1) is 0 Å². The minimum Gasteiger partial charge on any atom is -0.380 e. The van der Waals surface area contributed by atoms with Crippen molar-refractivity contribution in [1.82, 2.24) is 8.61 Å². The van der Waals surface area contributed by atoms with Gasteiger partial charge in [0.1, 0.15) is 0 Å². The van der Waals surface area contributed by atoms with Gasteiger partial charge in [0, 0.05) is 33.8 Å². The Balaban J connectivity index is 2.60. The summed E-state index contributed by atoms with van der Waals surface area (Å²) >= 11 is 0. The third kappa shape index (κ3) is 4.03. The van der Waals surface area contributed by atoms with Crippen LogP contribution in [-0.2, 0) is 14.9 Å². The first-order chi connectivity index (χ1) is 8.52. The zero-order chi connectivity index (χ0) is 13.6. The van der Waals surface area contributed by atoms with Crippen LogP contribution in [-0.4, -0.2) is 64.0 Å². The molecule has 0 saturated heterocycles. The number of rotatable bonds is 7. The van der Waals surface area contributed by atoms with Gasteiger partial charge in [-0.05, 0) is 25.0 Å². The molecule has 0 spiro atoms. The summed E-state index contributed by atoms with van der Waals surface area (Å²) in [6.45, 7) is 2.48. The third-order valence-corrected chi connectivity index (χ3v) is 4.95. The van der Waals surface area contributed by atoms with Crippen LogP contribution in [0, 0.1) is 0 Å². The van der Waals surface area contributed by atoms with E-state index in [0.717, 1.165) is 12.0 Å². The summed E-state index contributed by atoms with van der Waals surface area (Å²) in [5.74, 6) is 0. The molecular formula is C11H23N3O3S. The number of hydrogen-bond donors (Lipinski definition) is 1. The standard InChI is InChI=1S/C11H23N3O3S/c1-13(7-3-6-12)18(15,16)14-8-4-11(5-9-14)10-17-2/h4H,3,5-10,12H2,1-2H3. The van der Waals surface area contributed by atoms with Crippen molar-refractivity contribution in [1.29, 1.82) is 0 Å². The van der Waals surface area contributed by atoms with E-state index in [1.54, 1.807) is 14.2 Å². The van der Waals surface area contributed by atoms with Crippen molar-refractivity contribution in [2.75, 3.05) is 46.9 Å². The monoisotopic (exact) mass is 277 g/mol. The molecule has 1 heterocycles. The van der Waals surface area contributed by atoms with Crippen LogP contribution >= 0.6 is 0 Å². The van der Waals surface area contributed by atoms with Gasteiger partial charge in [-0.3, -0.25) is 0 Å². The molecule has 0 unspecified atom stereocenters. The number of hydrogen-bond acceptors (Lipinski definition) is 4. The van der Waals surface area contributed by atoms with Gasteiger partial charge in [0.25, 0.3) is 10.2 Å². The Bertz CT molecular complexity index is 381. The average Bonchev–Trinajstić information content (AvgIpc) is 2.37. The van der Waals surface area contributed by atoms with Crippen LogP contribution in [0.4, 0.5) is 0 Å². The highest BCUT2D eigenvalue weighted by Crippen LogP contribution is 2.16. The van der Waals surface area contributed by atoms with E-state index in [-0.39, 0.29) is 0 Å². The minimum absolute atomic E-state index is 0.425. The van der Waals surface area contributed by atoms with E-state index in [0.29, 0.717) is 39.2 Å². The van der Waals surface area contributed by atoms with Gasteiger partial charge in [-0.2, -0.15) is 17.0 Å². The van der Waals surface area contributed by atoms with Gasteiger partial charge < -0.3 is 10.5 Å². The van der Waals surface area contributed by atoms with Crippen molar-refractivity contribution in [3.63, 3.8) is 0 Å². The molecule has 1 aliphatic rings. The van der Waals surface area contributed by atoms with Crippen molar-refractivity contribution in [3.8, 4) is 0 Å². The zero-order valence-electron chi connectivity index (χ0n) is 11.1. The van der Waals surface area contributed by atoms with E-state index in [1.165, 1.54) is 8.61 Å². The van der Waals surface area contributed by atoms with E-state index in [9.17, 15) is 8.42 Å². The molecule has 0 bridgehead atoms. The molecule has 6 nitrogen and oxygen atoms in total. The number of nitrogens with zero attached hydrogens (tertiary/aromatic N) is 2. The predicted octanol–water partition coefficient (Wildman–Crippen LogP) is -0.210. The van der Waals surface area contributed by atoms with Gasteiger partial charge >= 0.3 is 0 Å². The van der Waals surface area contributed by atoms with Crippen molar-refractivity contribution in [2.24, 2.45) is 5.73 Å². The smallest absolute Gasteiger partial charge is 0.282 e. The van der Waals surface area contributed by atoms with Crippen molar-refractivity contribution in [3.05, 3.63) is 11.6 Å². The number of methoxy groups -OCH3 is 1. The summed E-state index contributed by atoms with van der Waals surface area (Å²) < 4.78 is 32.3. The number of ether oxygens (including phenoxy) is 1.